The zero-order chi connectivity index (χ0) is 18.6. The number of nitrogens with zero attached hydrogens (tertiary/aromatic N) is 3. The molecule has 4 rings (SSSR count). The molecule has 0 unspecified atom stereocenters. The molecule has 144 valence electrons. The summed E-state index contributed by atoms with van der Waals surface area (Å²) in [6, 6.07) is 5.88. The van der Waals surface area contributed by atoms with E-state index in [0.29, 0.717) is 31.3 Å². The summed E-state index contributed by atoms with van der Waals surface area (Å²) in [5, 5.41) is 3.04. The summed E-state index contributed by atoms with van der Waals surface area (Å²) in [6.45, 7) is 3.70. The Morgan fingerprint density at radius 1 is 1.07 bits per heavy atom. The average molecular weight is 368 g/mol. The van der Waals surface area contributed by atoms with Crippen molar-refractivity contribution in [3.8, 4) is 0 Å². The molecular formula is C21H28N4O2. The molecule has 1 saturated carbocycles. The van der Waals surface area contributed by atoms with Crippen molar-refractivity contribution in [2.45, 2.75) is 25.7 Å². The highest BCUT2D eigenvalue weighted by molar-refractivity contribution is 5.83. The third kappa shape index (κ3) is 4.31. The third-order valence-electron chi connectivity index (χ3n) is 6.15. The Labute approximate surface area is 160 Å². The molecule has 1 saturated heterocycles. The van der Waals surface area contributed by atoms with Crippen LogP contribution in [0, 0.1) is 17.8 Å². The maximum Gasteiger partial charge on any atom is 0.223 e. The number of rotatable bonds is 6. The van der Waals surface area contributed by atoms with Crippen LogP contribution in [0.2, 0.25) is 0 Å². The second-order valence-corrected chi connectivity index (χ2v) is 7.90. The van der Waals surface area contributed by atoms with Crippen molar-refractivity contribution in [3.63, 3.8) is 0 Å². The SMILES string of the molecule is O=C(CCC(=O)N1CCN(c2ccccn2)CC1)NC[C@@H]1C[C@H]2C=C[C@H]1C2. The van der Waals surface area contributed by atoms with Gasteiger partial charge in [-0.15, -0.1) is 0 Å². The smallest absolute Gasteiger partial charge is 0.223 e. The molecular weight excluding hydrogens is 340 g/mol. The molecule has 27 heavy (non-hydrogen) atoms. The summed E-state index contributed by atoms with van der Waals surface area (Å²) in [4.78, 5) is 33.0. The van der Waals surface area contributed by atoms with Gasteiger partial charge in [0.25, 0.3) is 0 Å². The van der Waals surface area contributed by atoms with E-state index in [1.54, 1.807) is 6.20 Å². The minimum absolute atomic E-state index is 0.00206. The van der Waals surface area contributed by atoms with Gasteiger partial charge in [-0.05, 0) is 42.7 Å². The molecule has 2 amide bonds. The molecule has 0 aromatic carbocycles. The van der Waals surface area contributed by atoms with Gasteiger partial charge in [0.1, 0.15) is 5.82 Å². The van der Waals surface area contributed by atoms with Crippen LogP contribution in [0.1, 0.15) is 25.7 Å². The molecule has 2 aliphatic carbocycles. The monoisotopic (exact) mass is 368 g/mol. The topological polar surface area (TPSA) is 65.5 Å². The van der Waals surface area contributed by atoms with Crippen molar-refractivity contribution >= 4 is 17.6 Å². The fourth-order valence-corrected chi connectivity index (χ4v) is 4.57. The highest BCUT2D eigenvalue weighted by Gasteiger charge is 2.35. The van der Waals surface area contributed by atoms with Crippen molar-refractivity contribution in [3.05, 3.63) is 36.5 Å². The Kier molecular flexibility index (Phi) is 5.41. The molecule has 3 atom stereocenters. The van der Waals surface area contributed by atoms with Crippen molar-refractivity contribution in [2.24, 2.45) is 17.8 Å². The van der Waals surface area contributed by atoms with Crippen molar-refractivity contribution in [1.29, 1.82) is 0 Å². The lowest BCUT2D eigenvalue weighted by Crippen LogP contribution is -2.49. The molecule has 0 radical (unpaired) electrons. The van der Waals surface area contributed by atoms with Crippen LogP contribution in [-0.4, -0.2) is 54.4 Å². The normalized spacial score (nSPS) is 26.4. The zero-order valence-corrected chi connectivity index (χ0v) is 15.7. The molecule has 0 spiro atoms. The van der Waals surface area contributed by atoms with Gasteiger partial charge >= 0.3 is 0 Å². The number of anilines is 1. The predicted molar refractivity (Wildman–Crippen MR) is 104 cm³/mol. The van der Waals surface area contributed by atoms with E-state index in [1.807, 2.05) is 23.1 Å². The number of carbonyl (C=O) groups excluding carboxylic acids is 2. The highest BCUT2D eigenvalue weighted by atomic mass is 16.2. The van der Waals surface area contributed by atoms with E-state index in [9.17, 15) is 9.59 Å². The second kappa shape index (κ2) is 8.11. The van der Waals surface area contributed by atoms with Crippen LogP contribution in [0.15, 0.2) is 36.5 Å². The summed E-state index contributed by atoms with van der Waals surface area (Å²) in [5.74, 6) is 2.99. The Bertz CT molecular complexity index is 697. The van der Waals surface area contributed by atoms with Gasteiger partial charge in [0.15, 0.2) is 0 Å². The van der Waals surface area contributed by atoms with Crippen molar-refractivity contribution in [2.75, 3.05) is 37.6 Å². The first kappa shape index (κ1) is 18.0. The largest absolute Gasteiger partial charge is 0.356 e. The molecule has 2 fully saturated rings. The lowest BCUT2D eigenvalue weighted by Gasteiger charge is -2.35. The number of amides is 2. The number of aromatic nitrogens is 1. The molecule has 1 aliphatic heterocycles. The molecule has 2 heterocycles. The Hall–Kier alpha value is -2.37. The van der Waals surface area contributed by atoms with Crippen LogP contribution in [-0.2, 0) is 9.59 Å². The molecule has 6 heteroatoms. The number of hydrogen-bond donors (Lipinski definition) is 1. The number of fused-ring (bicyclic) bond motifs is 2. The number of hydrogen-bond acceptors (Lipinski definition) is 4. The first-order chi connectivity index (χ1) is 13.2. The van der Waals surface area contributed by atoms with Crippen LogP contribution in [0.4, 0.5) is 5.82 Å². The fraction of sp³-hybridized carbons (Fsp3) is 0.571. The minimum atomic E-state index is 0.00206. The van der Waals surface area contributed by atoms with Crippen LogP contribution < -0.4 is 10.2 Å². The lowest BCUT2D eigenvalue weighted by atomic mass is 9.93. The van der Waals surface area contributed by atoms with E-state index in [2.05, 4.69) is 27.4 Å². The molecule has 1 aromatic rings. The maximum atomic E-state index is 12.4. The number of carbonyl (C=O) groups is 2. The van der Waals surface area contributed by atoms with E-state index in [1.165, 1.54) is 12.8 Å². The van der Waals surface area contributed by atoms with E-state index in [0.717, 1.165) is 31.4 Å². The van der Waals surface area contributed by atoms with Gasteiger partial charge < -0.3 is 15.1 Å². The van der Waals surface area contributed by atoms with E-state index in [-0.39, 0.29) is 18.2 Å². The highest BCUT2D eigenvalue weighted by Crippen LogP contribution is 2.42. The van der Waals surface area contributed by atoms with Crippen LogP contribution in [0.5, 0.6) is 0 Å². The van der Waals surface area contributed by atoms with Gasteiger partial charge in [-0.2, -0.15) is 0 Å². The summed E-state index contributed by atoms with van der Waals surface area (Å²) in [5.41, 5.74) is 0. The summed E-state index contributed by atoms with van der Waals surface area (Å²) >= 11 is 0. The number of allylic oxidation sites excluding steroid dienone is 2. The fourth-order valence-electron chi connectivity index (χ4n) is 4.57. The predicted octanol–water partition coefficient (Wildman–Crippen LogP) is 1.84. The Morgan fingerprint density at radius 2 is 1.93 bits per heavy atom. The summed E-state index contributed by atoms with van der Waals surface area (Å²) in [7, 11) is 0. The van der Waals surface area contributed by atoms with Gasteiger partial charge in [-0.1, -0.05) is 18.2 Å². The average Bonchev–Trinajstić information content (AvgIpc) is 3.34. The second-order valence-electron chi connectivity index (χ2n) is 7.90. The Balaban J connectivity index is 1.14. The number of nitrogens with one attached hydrogen (secondary N) is 1. The van der Waals surface area contributed by atoms with E-state index in [4.69, 9.17) is 0 Å². The zero-order valence-electron chi connectivity index (χ0n) is 15.7. The number of piperazine rings is 1. The van der Waals surface area contributed by atoms with Gasteiger partial charge in [0.2, 0.25) is 11.8 Å². The van der Waals surface area contributed by atoms with Gasteiger partial charge in [0, 0.05) is 51.8 Å². The van der Waals surface area contributed by atoms with Crippen molar-refractivity contribution < 1.29 is 9.59 Å². The Morgan fingerprint density at radius 3 is 2.59 bits per heavy atom. The summed E-state index contributed by atoms with van der Waals surface area (Å²) < 4.78 is 0. The first-order valence-corrected chi connectivity index (χ1v) is 10.1. The van der Waals surface area contributed by atoms with Crippen molar-refractivity contribution in [1.82, 2.24) is 15.2 Å². The van der Waals surface area contributed by atoms with Gasteiger partial charge in [-0.3, -0.25) is 9.59 Å². The van der Waals surface area contributed by atoms with E-state index < -0.39 is 0 Å². The van der Waals surface area contributed by atoms with Crippen LogP contribution >= 0.6 is 0 Å². The third-order valence-corrected chi connectivity index (χ3v) is 6.15. The molecule has 6 nitrogen and oxygen atoms in total. The molecule has 1 aromatic heterocycles. The maximum absolute atomic E-state index is 12.4. The van der Waals surface area contributed by atoms with Crippen LogP contribution in [0.25, 0.3) is 0 Å². The summed E-state index contributed by atoms with van der Waals surface area (Å²) in [6.07, 6.45) is 9.44. The lowest BCUT2D eigenvalue weighted by molar-refractivity contribution is -0.133. The van der Waals surface area contributed by atoms with Crippen LogP contribution in [0.3, 0.4) is 0 Å². The molecule has 3 aliphatic rings. The van der Waals surface area contributed by atoms with Gasteiger partial charge in [-0.25, -0.2) is 4.98 Å². The first-order valence-electron chi connectivity index (χ1n) is 10.1. The quantitative estimate of drug-likeness (QED) is 0.778. The molecule has 1 N–H and O–H groups in total. The van der Waals surface area contributed by atoms with Gasteiger partial charge in [0.05, 0.1) is 0 Å². The molecule has 2 bridgehead atoms. The number of pyridine rings is 1. The minimum Gasteiger partial charge on any atom is -0.356 e. The van der Waals surface area contributed by atoms with E-state index >= 15 is 0 Å². The standard InChI is InChI=1S/C21H28N4O2/c26-20(23-15-18-14-16-4-5-17(18)13-16)6-7-21(27)25-11-9-24(10-12-25)19-3-1-2-8-22-19/h1-5,8,16-18H,6-7,9-15H2,(H,23,26)/t16-,17-,18-/m0/s1.